The van der Waals surface area contributed by atoms with Gasteiger partial charge in [-0.15, -0.1) is 0 Å². The van der Waals surface area contributed by atoms with Gasteiger partial charge < -0.3 is 15.8 Å². The first-order valence-corrected chi connectivity index (χ1v) is 7.34. The summed E-state index contributed by atoms with van der Waals surface area (Å²) in [6.45, 7) is 10.1. The molecule has 0 atom stereocenters. The van der Waals surface area contributed by atoms with Gasteiger partial charge in [0.05, 0.1) is 12.8 Å². The van der Waals surface area contributed by atoms with Gasteiger partial charge in [0.1, 0.15) is 5.75 Å². The van der Waals surface area contributed by atoms with Crippen LogP contribution in [0.15, 0.2) is 18.2 Å². The predicted octanol–water partition coefficient (Wildman–Crippen LogP) is 2.13. The number of methoxy groups -OCH3 is 1. The molecule has 5 nitrogen and oxygen atoms in total. The fourth-order valence-corrected chi connectivity index (χ4v) is 2.37. The third-order valence-electron chi connectivity index (χ3n) is 3.48. The maximum absolute atomic E-state index is 12.1. The second-order valence-corrected chi connectivity index (χ2v) is 5.64. The van der Waals surface area contributed by atoms with Gasteiger partial charge in [0.2, 0.25) is 0 Å². The molecule has 0 saturated heterocycles. The lowest BCUT2D eigenvalue weighted by atomic mass is 10.1. The van der Waals surface area contributed by atoms with Crippen LogP contribution in [-0.4, -0.2) is 43.1 Å². The number of benzene rings is 1. The predicted molar refractivity (Wildman–Crippen MR) is 86.7 cm³/mol. The molecule has 0 fully saturated rings. The molecule has 0 heterocycles. The topological polar surface area (TPSA) is 67.6 Å². The van der Waals surface area contributed by atoms with E-state index in [0.717, 1.165) is 6.54 Å². The second-order valence-electron chi connectivity index (χ2n) is 5.64. The van der Waals surface area contributed by atoms with Crippen molar-refractivity contribution in [2.24, 2.45) is 0 Å². The summed E-state index contributed by atoms with van der Waals surface area (Å²) in [5.41, 5.74) is 6.83. The van der Waals surface area contributed by atoms with Crippen molar-refractivity contribution < 1.29 is 9.53 Å². The minimum absolute atomic E-state index is 0.110. The van der Waals surface area contributed by atoms with Crippen LogP contribution in [0.4, 0.5) is 5.69 Å². The van der Waals surface area contributed by atoms with Gasteiger partial charge in [-0.2, -0.15) is 0 Å². The van der Waals surface area contributed by atoms with Crippen LogP contribution in [0, 0.1) is 0 Å². The van der Waals surface area contributed by atoms with E-state index in [0.29, 0.717) is 35.6 Å². The molecule has 0 bridgehead atoms. The standard InChI is InChI=1S/C16H27N3O2/c1-11(2)19(12(3)4)9-8-18-16(20)13-6-7-14(17)15(10-13)21-5/h6-7,10-12H,8-9,17H2,1-5H3,(H,18,20). The number of amides is 1. The molecule has 0 saturated carbocycles. The highest BCUT2D eigenvalue weighted by Gasteiger charge is 2.14. The highest BCUT2D eigenvalue weighted by Crippen LogP contribution is 2.21. The monoisotopic (exact) mass is 293 g/mol. The van der Waals surface area contributed by atoms with E-state index in [1.54, 1.807) is 18.2 Å². The molecular weight excluding hydrogens is 266 g/mol. The molecule has 0 spiro atoms. The van der Waals surface area contributed by atoms with Gasteiger partial charge in [0.15, 0.2) is 0 Å². The van der Waals surface area contributed by atoms with Crippen molar-refractivity contribution in [3.63, 3.8) is 0 Å². The Balaban J connectivity index is 2.58. The van der Waals surface area contributed by atoms with Gasteiger partial charge >= 0.3 is 0 Å². The molecular formula is C16H27N3O2. The van der Waals surface area contributed by atoms with Crippen molar-refractivity contribution in [2.45, 2.75) is 39.8 Å². The first-order valence-electron chi connectivity index (χ1n) is 7.34. The quantitative estimate of drug-likeness (QED) is 0.756. The van der Waals surface area contributed by atoms with Crippen molar-refractivity contribution >= 4 is 11.6 Å². The highest BCUT2D eigenvalue weighted by atomic mass is 16.5. The Bertz CT molecular complexity index is 465. The maximum atomic E-state index is 12.1. The molecule has 1 amide bonds. The third-order valence-corrected chi connectivity index (χ3v) is 3.48. The lowest BCUT2D eigenvalue weighted by Gasteiger charge is -2.30. The first kappa shape index (κ1) is 17.3. The molecule has 3 N–H and O–H groups in total. The van der Waals surface area contributed by atoms with Crippen LogP contribution in [0.2, 0.25) is 0 Å². The van der Waals surface area contributed by atoms with E-state index in [2.05, 4.69) is 37.9 Å². The molecule has 0 aliphatic rings. The van der Waals surface area contributed by atoms with Crippen molar-refractivity contribution in [2.75, 3.05) is 25.9 Å². The fraction of sp³-hybridized carbons (Fsp3) is 0.562. The Morgan fingerprint density at radius 2 is 1.90 bits per heavy atom. The lowest BCUT2D eigenvalue weighted by molar-refractivity contribution is 0.0939. The van der Waals surface area contributed by atoms with Gasteiger partial charge in [0.25, 0.3) is 5.91 Å². The van der Waals surface area contributed by atoms with Crippen LogP contribution in [-0.2, 0) is 0 Å². The summed E-state index contributed by atoms with van der Waals surface area (Å²) < 4.78 is 5.13. The Morgan fingerprint density at radius 3 is 2.43 bits per heavy atom. The maximum Gasteiger partial charge on any atom is 0.251 e. The van der Waals surface area contributed by atoms with E-state index in [4.69, 9.17) is 10.5 Å². The number of hydrogen-bond donors (Lipinski definition) is 2. The zero-order valence-corrected chi connectivity index (χ0v) is 13.6. The summed E-state index contributed by atoms with van der Waals surface area (Å²) in [6, 6.07) is 5.96. The summed E-state index contributed by atoms with van der Waals surface area (Å²) >= 11 is 0. The van der Waals surface area contributed by atoms with Gasteiger partial charge in [0, 0.05) is 30.7 Å². The molecule has 0 aliphatic carbocycles. The van der Waals surface area contributed by atoms with Crippen molar-refractivity contribution in [1.29, 1.82) is 0 Å². The van der Waals surface area contributed by atoms with E-state index < -0.39 is 0 Å². The summed E-state index contributed by atoms with van der Waals surface area (Å²) in [7, 11) is 1.54. The second kappa shape index (κ2) is 7.88. The average molecular weight is 293 g/mol. The van der Waals surface area contributed by atoms with Crippen molar-refractivity contribution in [1.82, 2.24) is 10.2 Å². The van der Waals surface area contributed by atoms with Crippen LogP contribution >= 0.6 is 0 Å². The van der Waals surface area contributed by atoms with Crippen LogP contribution in [0.1, 0.15) is 38.1 Å². The summed E-state index contributed by atoms with van der Waals surface area (Å²) in [4.78, 5) is 14.5. The summed E-state index contributed by atoms with van der Waals surface area (Å²) in [6.07, 6.45) is 0. The number of nitrogens with zero attached hydrogens (tertiary/aromatic N) is 1. The highest BCUT2D eigenvalue weighted by molar-refractivity contribution is 5.95. The number of nitrogens with two attached hydrogens (primary N) is 1. The van der Waals surface area contributed by atoms with Gasteiger partial charge in [-0.1, -0.05) is 0 Å². The van der Waals surface area contributed by atoms with Crippen LogP contribution < -0.4 is 15.8 Å². The minimum atomic E-state index is -0.110. The zero-order chi connectivity index (χ0) is 16.0. The number of nitrogens with one attached hydrogen (secondary N) is 1. The van der Waals surface area contributed by atoms with Gasteiger partial charge in [-0.05, 0) is 45.9 Å². The van der Waals surface area contributed by atoms with E-state index >= 15 is 0 Å². The zero-order valence-electron chi connectivity index (χ0n) is 13.6. The Morgan fingerprint density at radius 1 is 1.29 bits per heavy atom. The first-order chi connectivity index (χ1) is 9.86. The normalized spacial score (nSPS) is 11.2. The molecule has 0 radical (unpaired) electrons. The fourth-order valence-electron chi connectivity index (χ4n) is 2.37. The van der Waals surface area contributed by atoms with E-state index in [1.807, 2.05) is 0 Å². The average Bonchev–Trinajstić information content (AvgIpc) is 2.42. The van der Waals surface area contributed by atoms with Crippen LogP contribution in [0.5, 0.6) is 5.75 Å². The smallest absolute Gasteiger partial charge is 0.251 e. The van der Waals surface area contributed by atoms with Crippen LogP contribution in [0.3, 0.4) is 0 Å². The van der Waals surface area contributed by atoms with E-state index in [-0.39, 0.29) is 5.91 Å². The number of nitrogen functional groups attached to an aromatic ring is 1. The SMILES string of the molecule is COc1cc(C(=O)NCCN(C(C)C)C(C)C)ccc1N. The molecule has 21 heavy (non-hydrogen) atoms. The largest absolute Gasteiger partial charge is 0.495 e. The summed E-state index contributed by atoms with van der Waals surface area (Å²) in [5, 5.41) is 2.93. The van der Waals surface area contributed by atoms with Crippen molar-refractivity contribution in [3.05, 3.63) is 23.8 Å². The number of rotatable bonds is 7. The number of hydrogen-bond acceptors (Lipinski definition) is 4. The molecule has 118 valence electrons. The molecule has 0 aromatic heterocycles. The number of anilines is 1. The van der Waals surface area contributed by atoms with E-state index in [1.165, 1.54) is 7.11 Å². The molecule has 0 aliphatic heterocycles. The van der Waals surface area contributed by atoms with Crippen molar-refractivity contribution in [3.8, 4) is 5.75 Å². The molecule has 1 rings (SSSR count). The number of carbonyl (C=O) groups excluding carboxylic acids is 1. The molecule has 1 aromatic rings. The van der Waals surface area contributed by atoms with Crippen LogP contribution in [0.25, 0.3) is 0 Å². The minimum Gasteiger partial charge on any atom is -0.495 e. The molecule has 1 aromatic carbocycles. The third kappa shape index (κ3) is 4.93. The molecule has 5 heteroatoms. The Labute approximate surface area is 127 Å². The Kier molecular flexibility index (Phi) is 6.49. The lowest BCUT2D eigenvalue weighted by Crippen LogP contribution is -2.42. The Hall–Kier alpha value is -1.75. The van der Waals surface area contributed by atoms with E-state index in [9.17, 15) is 4.79 Å². The molecule has 0 unspecified atom stereocenters. The van der Waals surface area contributed by atoms with Gasteiger partial charge in [-0.25, -0.2) is 0 Å². The summed E-state index contributed by atoms with van der Waals surface area (Å²) in [5.74, 6) is 0.411. The number of carbonyl (C=O) groups is 1. The number of ether oxygens (including phenoxy) is 1. The van der Waals surface area contributed by atoms with Gasteiger partial charge in [-0.3, -0.25) is 9.69 Å².